The summed E-state index contributed by atoms with van der Waals surface area (Å²) in [4.78, 5) is 28.2. The van der Waals surface area contributed by atoms with Crippen molar-refractivity contribution < 1.29 is 9.59 Å². The molecule has 170 valence electrons. The van der Waals surface area contributed by atoms with Gasteiger partial charge in [0.15, 0.2) is 5.82 Å². The van der Waals surface area contributed by atoms with Crippen molar-refractivity contribution in [2.24, 2.45) is 5.92 Å². The van der Waals surface area contributed by atoms with Crippen LogP contribution < -0.4 is 5.32 Å². The molecule has 2 aromatic carbocycles. The number of anilines is 1. The second kappa shape index (κ2) is 8.77. The molecule has 1 atom stereocenters. The molecule has 0 bridgehead atoms. The van der Waals surface area contributed by atoms with E-state index in [1.807, 2.05) is 67.1 Å². The Balaban J connectivity index is 1.38. The molecule has 1 aliphatic heterocycles. The highest BCUT2D eigenvalue weighted by molar-refractivity contribution is 5.98. The molecule has 5 rings (SSSR count). The van der Waals surface area contributed by atoms with E-state index in [4.69, 9.17) is 0 Å². The fourth-order valence-electron chi connectivity index (χ4n) is 4.40. The van der Waals surface area contributed by atoms with E-state index in [2.05, 4.69) is 20.8 Å². The van der Waals surface area contributed by atoms with Crippen molar-refractivity contribution >= 4 is 17.5 Å². The summed E-state index contributed by atoms with van der Waals surface area (Å²) in [7, 11) is 0. The number of hydrogen-bond acceptors (Lipinski definition) is 5. The van der Waals surface area contributed by atoms with Gasteiger partial charge in [0.2, 0.25) is 11.8 Å². The van der Waals surface area contributed by atoms with E-state index in [0.717, 1.165) is 29.5 Å². The lowest BCUT2D eigenvalue weighted by molar-refractivity contribution is -0.140. The Morgan fingerprint density at radius 2 is 1.88 bits per heavy atom. The number of carbonyl (C=O) groups excluding carboxylic acids is 2. The number of benzene rings is 2. The van der Waals surface area contributed by atoms with E-state index >= 15 is 0 Å². The molecule has 2 amide bonds. The first-order valence-electron chi connectivity index (χ1n) is 11.5. The molecule has 0 spiro atoms. The van der Waals surface area contributed by atoms with Gasteiger partial charge in [0.05, 0.1) is 6.04 Å². The SMILES string of the molecule is CC(C)CC(=O)N1Cc2ccccc2CC1C(=O)Nc1cccc(-c2nnnn2C2CC2)c1. The molecule has 3 aromatic rings. The smallest absolute Gasteiger partial charge is 0.247 e. The molecule has 1 fully saturated rings. The molecule has 1 aliphatic carbocycles. The van der Waals surface area contributed by atoms with Crippen LogP contribution in [0.5, 0.6) is 0 Å². The number of fused-ring (bicyclic) bond motifs is 1. The number of nitrogens with zero attached hydrogens (tertiary/aromatic N) is 5. The maximum Gasteiger partial charge on any atom is 0.247 e. The molecule has 1 unspecified atom stereocenters. The normalized spacial score (nSPS) is 17.7. The zero-order valence-electron chi connectivity index (χ0n) is 18.9. The maximum absolute atomic E-state index is 13.4. The number of aromatic nitrogens is 4. The van der Waals surface area contributed by atoms with Gasteiger partial charge in [-0.25, -0.2) is 4.68 Å². The molecule has 33 heavy (non-hydrogen) atoms. The van der Waals surface area contributed by atoms with Crippen molar-refractivity contribution in [1.29, 1.82) is 0 Å². The average molecular weight is 445 g/mol. The second-order valence-electron chi connectivity index (χ2n) is 9.36. The van der Waals surface area contributed by atoms with Gasteiger partial charge in [0, 0.05) is 30.6 Å². The number of rotatable bonds is 6. The van der Waals surface area contributed by atoms with E-state index in [9.17, 15) is 9.59 Å². The highest BCUT2D eigenvalue weighted by atomic mass is 16.2. The first-order chi connectivity index (χ1) is 16.0. The summed E-state index contributed by atoms with van der Waals surface area (Å²) in [6.45, 7) is 4.49. The van der Waals surface area contributed by atoms with Gasteiger partial charge in [-0.3, -0.25) is 9.59 Å². The molecule has 8 heteroatoms. The molecule has 2 heterocycles. The Kier molecular flexibility index (Phi) is 5.66. The van der Waals surface area contributed by atoms with Crippen LogP contribution in [0, 0.1) is 5.92 Å². The Hall–Kier alpha value is -3.55. The first-order valence-corrected chi connectivity index (χ1v) is 11.5. The van der Waals surface area contributed by atoms with Gasteiger partial charge in [-0.15, -0.1) is 5.10 Å². The second-order valence-corrected chi connectivity index (χ2v) is 9.36. The molecule has 1 aromatic heterocycles. The van der Waals surface area contributed by atoms with Crippen LogP contribution in [0.15, 0.2) is 48.5 Å². The number of tetrazole rings is 1. The van der Waals surface area contributed by atoms with Crippen molar-refractivity contribution in [2.75, 3.05) is 5.32 Å². The van der Waals surface area contributed by atoms with Crippen LogP contribution in [0.2, 0.25) is 0 Å². The molecule has 2 aliphatic rings. The Labute approximate surface area is 193 Å². The third kappa shape index (κ3) is 4.51. The molecule has 0 saturated heterocycles. The fourth-order valence-corrected chi connectivity index (χ4v) is 4.40. The minimum absolute atomic E-state index is 0.0111. The summed E-state index contributed by atoms with van der Waals surface area (Å²) in [6.07, 6.45) is 3.09. The Morgan fingerprint density at radius 1 is 1.09 bits per heavy atom. The first kappa shape index (κ1) is 21.3. The zero-order valence-corrected chi connectivity index (χ0v) is 18.9. The van der Waals surface area contributed by atoms with Gasteiger partial charge >= 0.3 is 0 Å². The Morgan fingerprint density at radius 3 is 2.64 bits per heavy atom. The van der Waals surface area contributed by atoms with Crippen molar-refractivity contribution in [3.8, 4) is 11.4 Å². The van der Waals surface area contributed by atoms with Gasteiger partial charge in [-0.05, 0) is 52.4 Å². The van der Waals surface area contributed by atoms with Crippen LogP contribution in [0.3, 0.4) is 0 Å². The molecule has 1 saturated carbocycles. The van der Waals surface area contributed by atoms with Gasteiger partial charge in [0.1, 0.15) is 6.04 Å². The van der Waals surface area contributed by atoms with E-state index in [1.54, 1.807) is 4.90 Å². The van der Waals surface area contributed by atoms with Crippen LogP contribution in [-0.4, -0.2) is 43.0 Å². The van der Waals surface area contributed by atoms with Crippen molar-refractivity contribution in [2.45, 2.75) is 58.2 Å². The van der Waals surface area contributed by atoms with Crippen molar-refractivity contribution in [1.82, 2.24) is 25.1 Å². The predicted octanol–water partition coefficient (Wildman–Crippen LogP) is 3.61. The average Bonchev–Trinajstić information content (AvgIpc) is 3.53. The predicted molar refractivity (Wildman–Crippen MR) is 124 cm³/mol. The molecule has 8 nitrogen and oxygen atoms in total. The topological polar surface area (TPSA) is 93.0 Å². The summed E-state index contributed by atoms with van der Waals surface area (Å²) >= 11 is 0. The van der Waals surface area contributed by atoms with E-state index in [0.29, 0.717) is 36.9 Å². The summed E-state index contributed by atoms with van der Waals surface area (Å²) in [5, 5.41) is 15.2. The summed E-state index contributed by atoms with van der Waals surface area (Å²) in [6, 6.07) is 15.4. The van der Waals surface area contributed by atoms with Crippen LogP contribution in [0.4, 0.5) is 5.69 Å². The lowest BCUT2D eigenvalue weighted by atomic mass is 9.92. The number of nitrogens with one attached hydrogen (secondary N) is 1. The summed E-state index contributed by atoms with van der Waals surface area (Å²) in [5.74, 6) is 0.763. The molecule has 1 N–H and O–H groups in total. The maximum atomic E-state index is 13.4. The largest absolute Gasteiger partial charge is 0.326 e. The van der Waals surface area contributed by atoms with Crippen LogP contribution in [0.25, 0.3) is 11.4 Å². The number of amides is 2. The summed E-state index contributed by atoms with van der Waals surface area (Å²) < 4.78 is 1.85. The van der Waals surface area contributed by atoms with Crippen LogP contribution in [0.1, 0.15) is 50.3 Å². The van der Waals surface area contributed by atoms with Crippen LogP contribution >= 0.6 is 0 Å². The number of hydrogen-bond donors (Lipinski definition) is 1. The fraction of sp³-hybridized carbons (Fsp3) is 0.400. The highest BCUT2D eigenvalue weighted by Crippen LogP contribution is 2.37. The molecular weight excluding hydrogens is 416 g/mol. The third-order valence-corrected chi connectivity index (χ3v) is 6.23. The van der Waals surface area contributed by atoms with E-state index < -0.39 is 6.04 Å². The Bertz CT molecular complexity index is 1180. The van der Waals surface area contributed by atoms with Gasteiger partial charge in [-0.1, -0.05) is 50.2 Å². The minimum Gasteiger partial charge on any atom is -0.326 e. The zero-order chi connectivity index (χ0) is 22.9. The van der Waals surface area contributed by atoms with Gasteiger partial charge in [0.25, 0.3) is 0 Å². The summed E-state index contributed by atoms with van der Waals surface area (Å²) in [5.41, 5.74) is 3.74. The minimum atomic E-state index is -0.549. The van der Waals surface area contributed by atoms with E-state index in [-0.39, 0.29) is 17.7 Å². The standard InChI is InChI=1S/C25H28N6O2/c1-16(2)12-23(32)30-15-19-7-4-3-6-17(19)14-22(30)25(33)26-20-9-5-8-18(13-20)24-27-28-29-31(24)21-10-11-21/h3-9,13,16,21-22H,10-12,14-15H2,1-2H3,(H,26,33). The lowest BCUT2D eigenvalue weighted by Crippen LogP contribution is -2.50. The lowest BCUT2D eigenvalue weighted by Gasteiger charge is -2.36. The molecule has 0 radical (unpaired) electrons. The van der Waals surface area contributed by atoms with Crippen LogP contribution in [-0.2, 0) is 22.6 Å². The van der Waals surface area contributed by atoms with Gasteiger partial charge in [-0.2, -0.15) is 0 Å². The number of carbonyl (C=O) groups is 2. The molecular formula is C25H28N6O2. The van der Waals surface area contributed by atoms with Gasteiger partial charge < -0.3 is 10.2 Å². The third-order valence-electron chi connectivity index (χ3n) is 6.23. The van der Waals surface area contributed by atoms with E-state index in [1.165, 1.54) is 0 Å². The van der Waals surface area contributed by atoms with Crippen molar-refractivity contribution in [3.63, 3.8) is 0 Å². The van der Waals surface area contributed by atoms with Crippen molar-refractivity contribution in [3.05, 3.63) is 59.7 Å². The monoisotopic (exact) mass is 444 g/mol. The quantitative estimate of drug-likeness (QED) is 0.627. The highest BCUT2D eigenvalue weighted by Gasteiger charge is 2.35.